The SMILES string of the molecule is CCCCCCCCCCCCCCCCC(COCCOCCOCCOc1ccccc1)OP(=O)(O)O. The van der Waals surface area contributed by atoms with Gasteiger partial charge in [0.25, 0.3) is 0 Å². The molecule has 0 spiro atoms. The van der Waals surface area contributed by atoms with Crippen molar-refractivity contribution in [2.45, 2.75) is 109 Å². The Morgan fingerprint density at radius 1 is 0.641 bits per heavy atom. The molecule has 39 heavy (non-hydrogen) atoms. The Bertz CT molecular complexity index is 685. The first-order chi connectivity index (χ1) is 19.0. The molecule has 228 valence electrons. The van der Waals surface area contributed by atoms with Gasteiger partial charge in [0.05, 0.1) is 45.7 Å². The maximum Gasteiger partial charge on any atom is 0.469 e. The van der Waals surface area contributed by atoms with E-state index < -0.39 is 13.9 Å². The van der Waals surface area contributed by atoms with Gasteiger partial charge in [0.15, 0.2) is 0 Å². The summed E-state index contributed by atoms with van der Waals surface area (Å²) >= 11 is 0. The van der Waals surface area contributed by atoms with E-state index >= 15 is 0 Å². The zero-order valence-corrected chi connectivity index (χ0v) is 25.2. The summed E-state index contributed by atoms with van der Waals surface area (Å²) in [5.41, 5.74) is 0. The maximum atomic E-state index is 11.3. The molecule has 0 heterocycles. The number of benzene rings is 1. The molecule has 1 aromatic rings. The van der Waals surface area contributed by atoms with Crippen LogP contribution in [0, 0.1) is 0 Å². The largest absolute Gasteiger partial charge is 0.491 e. The third-order valence-corrected chi connectivity index (χ3v) is 7.03. The molecule has 2 N–H and O–H groups in total. The molecule has 0 amide bonds. The lowest BCUT2D eigenvalue weighted by Crippen LogP contribution is -2.21. The minimum absolute atomic E-state index is 0.139. The number of rotatable bonds is 29. The van der Waals surface area contributed by atoms with Crippen LogP contribution in [0.25, 0.3) is 0 Å². The van der Waals surface area contributed by atoms with Crippen LogP contribution in [0.2, 0.25) is 0 Å². The fourth-order valence-corrected chi connectivity index (χ4v) is 4.87. The van der Waals surface area contributed by atoms with Gasteiger partial charge in [-0.25, -0.2) is 4.57 Å². The Morgan fingerprint density at radius 2 is 1.10 bits per heavy atom. The van der Waals surface area contributed by atoms with Gasteiger partial charge in [-0.05, 0) is 18.6 Å². The molecule has 0 aliphatic carbocycles. The molecule has 0 radical (unpaired) electrons. The number of phosphoric ester groups is 1. The van der Waals surface area contributed by atoms with Crippen LogP contribution in [-0.2, 0) is 23.3 Å². The van der Waals surface area contributed by atoms with Crippen LogP contribution in [0.15, 0.2) is 30.3 Å². The van der Waals surface area contributed by atoms with Gasteiger partial charge in [0.2, 0.25) is 0 Å². The highest BCUT2D eigenvalue weighted by atomic mass is 31.2. The van der Waals surface area contributed by atoms with E-state index in [2.05, 4.69) is 6.92 Å². The normalized spacial score (nSPS) is 12.6. The van der Waals surface area contributed by atoms with Crippen LogP contribution in [0.4, 0.5) is 0 Å². The lowest BCUT2D eigenvalue weighted by molar-refractivity contribution is -0.0136. The lowest BCUT2D eigenvalue weighted by atomic mass is 10.0. The average molecular weight is 575 g/mol. The summed E-state index contributed by atoms with van der Waals surface area (Å²) in [4.78, 5) is 18.4. The Hall–Kier alpha value is -0.990. The van der Waals surface area contributed by atoms with Crippen LogP contribution in [-0.4, -0.2) is 62.1 Å². The fraction of sp³-hybridized carbons (Fsp3) is 0.800. The van der Waals surface area contributed by atoms with Gasteiger partial charge in [-0.2, -0.15) is 0 Å². The standard InChI is InChI=1S/C30H55O8P/c1-2-3-4-5-6-7-8-9-10-11-12-13-14-16-21-30(38-39(31,32)33)28-36-25-24-34-22-23-35-26-27-37-29-19-17-15-18-20-29/h15,17-20,30H,2-14,16,21-28H2,1H3,(H2,31,32,33). The summed E-state index contributed by atoms with van der Waals surface area (Å²) in [7, 11) is -4.55. The average Bonchev–Trinajstić information content (AvgIpc) is 2.91. The van der Waals surface area contributed by atoms with Gasteiger partial charge in [0, 0.05) is 0 Å². The summed E-state index contributed by atoms with van der Waals surface area (Å²) in [6.07, 6.45) is 17.7. The highest BCUT2D eigenvalue weighted by molar-refractivity contribution is 7.46. The van der Waals surface area contributed by atoms with E-state index in [1.54, 1.807) is 0 Å². The minimum atomic E-state index is -4.55. The molecule has 0 aliphatic rings. The van der Waals surface area contributed by atoms with E-state index in [1.807, 2.05) is 30.3 Å². The number of ether oxygens (including phenoxy) is 4. The molecule has 0 aliphatic heterocycles. The zero-order chi connectivity index (χ0) is 28.3. The van der Waals surface area contributed by atoms with Crippen molar-refractivity contribution in [2.24, 2.45) is 0 Å². The van der Waals surface area contributed by atoms with E-state index in [-0.39, 0.29) is 6.61 Å². The predicted molar refractivity (Wildman–Crippen MR) is 156 cm³/mol. The second-order valence-corrected chi connectivity index (χ2v) is 11.3. The summed E-state index contributed by atoms with van der Waals surface area (Å²) < 4.78 is 38.3. The van der Waals surface area contributed by atoms with Crippen molar-refractivity contribution in [1.82, 2.24) is 0 Å². The first-order valence-corrected chi connectivity index (χ1v) is 16.7. The Balaban J connectivity index is 1.94. The number of hydrogen-bond donors (Lipinski definition) is 2. The van der Waals surface area contributed by atoms with E-state index in [9.17, 15) is 14.4 Å². The number of para-hydroxylation sites is 1. The zero-order valence-electron chi connectivity index (χ0n) is 24.3. The van der Waals surface area contributed by atoms with Crippen molar-refractivity contribution in [1.29, 1.82) is 0 Å². The summed E-state index contributed by atoms with van der Waals surface area (Å²) in [5.74, 6) is 0.819. The molecule has 1 aromatic carbocycles. The van der Waals surface area contributed by atoms with E-state index in [4.69, 9.17) is 23.5 Å². The van der Waals surface area contributed by atoms with Crippen molar-refractivity contribution in [3.63, 3.8) is 0 Å². The number of hydrogen-bond acceptors (Lipinski definition) is 6. The van der Waals surface area contributed by atoms with Crippen molar-refractivity contribution in [3.05, 3.63) is 30.3 Å². The van der Waals surface area contributed by atoms with Crippen LogP contribution >= 0.6 is 7.82 Å². The predicted octanol–water partition coefficient (Wildman–Crippen LogP) is 7.46. The quantitative estimate of drug-likeness (QED) is 0.0750. The highest BCUT2D eigenvalue weighted by Crippen LogP contribution is 2.38. The van der Waals surface area contributed by atoms with Crippen molar-refractivity contribution < 1.29 is 37.8 Å². The third kappa shape index (κ3) is 25.7. The van der Waals surface area contributed by atoms with Crippen molar-refractivity contribution >= 4 is 7.82 Å². The molecule has 0 saturated heterocycles. The maximum absolute atomic E-state index is 11.3. The first-order valence-electron chi connectivity index (χ1n) is 15.2. The Morgan fingerprint density at radius 3 is 1.62 bits per heavy atom. The molecular weight excluding hydrogens is 519 g/mol. The molecule has 1 atom stereocenters. The van der Waals surface area contributed by atoms with Gasteiger partial charge in [-0.15, -0.1) is 0 Å². The monoisotopic (exact) mass is 574 g/mol. The molecule has 0 aromatic heterocycles. The molecule has 8 nitrogen and oxygen atoms in total. The Labute approximate surface area is 237 Å². The highest BCUT2D eigenvalue weighted by Gasteiger charge is 2.22. The van der Waals surface area contributed by atoms with Gasteiger partial charge >= 0.3 is 7.82 Å². The van der Waals surface area contributed by atoms with Gasteiger partial charge < -0.3 is 28.7 Å². The van der Waals surface area contributed by atoms with Crippen LogP contribution < -0.4 is 4.74 Å². The summed E-state index contributed by atoms with van der Waals surface area (Å²) in [5, 5.41) is 0. The third-order valence-electron chi connectivity index (χ3n) is 6.45. The second-order valence-electron chi connectivity index (χ2n) is 10.1. The fourth-order valence-electron chi connectivity index (χ4n) is 4.32. The van der Waals surface area contributed by atoms with Crippen LogP contribution in [0.1, 0.15) is 103 Å². The molecular formula is C30H55O8P. The molecule has 9 heteroatoms. The van der Waals surface area contributed by atoms with Gasteiger partial charge in [-0.1, -0.05) is 115 Å². The second kappa shape index (κ2) is 25.9. The van der Waals surface area contributed by atoms with Crippen molar-refractivity contribution in [3.8, 4) is 5.75 Å². The van der Waals surface area contributed by atoms with Crippen molar-refractivity contribution in [2.75, 3.05) is 46.2 Å². The van der Waals surface area contributed by atoms with Gasteiger partial charge in [-0.3, -0.25) is 4.52 Å². The molecule has 1 unspecified atom stereocenters. The molecule has 0 bridgehead atoms. The number of phosphoric acid groups is 1. The van der Waals surface area contributed by atoms with Gasteiger partial charge in [0.1, 0.15) is 12.4 Å². The number of unbranched alkanes of at least 4 members (excludes halogenated alkanes) is 13. The lowest BCUT2D eigenvalue weighted by Gasteiger charge is -2.18. The molecule has 1 rings (SSSR count). The Kier molecular flexibility index (Phi) is 24.0. The molecule has 0 fully saturated rings. The first kappa shape index (κ1) is 36.0. The summed E-state index contributed by atoms with van der Waals surface area (Å²) in [6, 6.07) is 9.59. The van der Waals surface area contributed by atoms with E-state index in [0.29, 0.717) is 46.1 Å². The minimum Gasteiger partial charge on any atom is -0.491 e. The topological polar surface area (TPSA) is 104 Å². The van der Waals surface area contributed by atoms with E-state index in [1.165, 1.54) is 70.6 Å². The smallest absolute Gasteiger partial charge is 0.469 e. The van der Waals surface area contributed by atoms with E-state index in [0.717, 1.165) is 25.0 Å². The van der Waals surface area contributed by atoms with Crippen LogP contribution in [0.3, 0.4) is 0 Å². The molecule has 0 saturated carbocycles. The summed E-state index contributed by atoms with van der Waals surface area (Å²) in [6.45, 7) is 4.97. The van der Waals surface area contributed by atoms with Crippen LogP contribution in [0.5, 0.6) is 5.75 Å².